The Balaban J connectivity index is 1.66. The molecule has 6 nitrogen and oxygen atoms in total. The fourth-order valence-electron chi connectivity index (χ4n) is 3.21. The Morgan fingerprint density at radius 2 is 1.92 bits per heavy atom. The molecule has 0 radical (unpaired) electrons. The zero-order valence-electron chi connectivity index (χ0n) is 14.6. The lowest BCUT2D eigenvalue weighted by atomic mass is 9.89. The number of benzene rings is 1. The molecule has 1 aromatic heterocycles. The van der Waals surface area contributed by atoms with E-state index in [1.54, 1.807) is 13.0 Å². The summed E-state index contributed by atoms with van der Waals surface area (Å²) in [4.78, 5) is 24.2. The monoisotopic (exact) mass is 341 g/mol. The summed E-state index contributed by atoms with van der Waals surface area (Å²) in [5, 5.41) is 8.90. The summed E-state index contributed by atoms with van der Waals surface area (Å²) in [6, 6.07) is 7.74. The number of carbonyl (C=O) groups is 2. The summed E-state index contributed by atoms with van der Waals surface area (Å²) in [6.07, 6.45) is 5.36. The van der Waals surface area contributed by atoms with Crippen LogP contribution in [0.15, 0.2) is 28.8 Å². The van der Waals surface area contributed by atoms with Gasteiger partial charge in [0, 0.05) is 6.07 Å². The molecule has 25 heavy (non-hydrogen) atoms. The normalized spacial score (nSPS) is 14.5. The summed E-state index contributed by atoms with van der Waals surface area (Å²) >= 11 is 0. The summed E-state index contributed by atoms with van der Waals surface area (Å²) < 4.78 is 4.87. The van der Waals surface area contributed by atoms with E-state index in [2.05, 4.69) is 34.0 Å². The van der Waals surface area contributed by atoms with E-state index in [1.165, 1.54) is 24.0 Å². The van der Waals surface area contributed by atoms with Gasteiger partial charge in [0.15, 0.2) is 5.82 Å². The summed E-state index contributed by atoms with van der Waals surface area (Å²) in [6.45, 7) is 3.70. The van der Waals surface area contributed by atoms with Crippen molar-refractivity contribution < 1.29 is 14.1 Å². The van der Waals surface area contributed by atoms with E-state index < -0.39 is 11.8 Å². The molecule has 1 atom stereocenters. The summed E-state index contributed by atoms with van der Waals surface area (Å²) in [5.74, 6) is -0.620. The van der Waals surface area contributed by atoms with Crippen molar-refractivity contribution in [1.29, 1.82) is 0 Å². The topological polar surface area (TPSA) is 84.2 Å². The van der Waals surface area contributed by atoms with Gasteiger partial charge in [-0.05, 0) is 55.7 Å². The Labute approximate surface area is 147 Å². The first-order valence-corrected chi connectivity index (χ1v) is 8.73. The van der Waals surface area contributed by atoms with Gasteiger partial charge in [-0.1, -0.05) is 30.3 Å². The van der Waals surface area contributed by atoms with E-state index in [1.807, 2.05) is 6.92 Å². The van der Waals surface area contributed by atoms with Gasteiger partial charge >= 0.3 is 11.8 Å². The minimum atomic E-state index is -0.746. The second kappa shape index (κ2) is 7.51. The minimum absolute atomic E-state index is 0.190. The highest BCUT2D eigenvalue weighted by atomic mass is 16.5. The van der Waals surface area contributed by atoms with Crippen LogP contribution in [0.1, 0.15) is 54.7 Å². The molecule has 1 aromatic carbocycles. The number of amides is 2. The molecule has 2 amide bonds. The van der Waals surface area contributed by atoms with Gasteiger partial charge in [-0.3, -0.25) is 14.9 Å². The van der Waals surface area contributed by atoms with Crippen LogP contribution in [0.5, 0.6) is 0 Å². The predicted octanol–water partition coefficient (Wildman–Crippen LogP) is 3.07. The highest BCUT2D eigenvalue weighted by Gasteiger charge is 2.21. The molecule has 1 aliphatic rings. The third kappa shape index (κ3) is 4.07. The first-order valence-electron chi connectivity index (χ1n) is 8.73. The van der Waals surface area contributed by atoms with Crippen LogP contribution in [0.4, 0.5) is 5.82 Å². The van der Waals surface area contributed by atoms with Crippen molar-refractivity contribution in [2.45, 2.75) is 52.0 Å². The lowest BCUT2D eigenvalue weighted by molar-refractivity contribution is -0.136. The smallest absolute Gasteiger partial charge is 0.314 e. The van der Waals surface area contributed by atoms with Gasteiger partial charge in [0.25, 0.3) is 0 Å². The fourth-order valence-corrected chi connectivity index (χ4v) is 3.21. The molecule has 1 heterocycles. The number of hydrogen-bond donors (Lipinski definition) is 2. The Bertz CT molecular complexity index is 782. The van der Waals surface area contributed by atoms with Gasteiger partial charge < -0.3 is 9.84 Å². The maximum absolute atomic E-state index is 12.2. The van der Waals surface area contributed by atoms with Crippen LogP contribution in [-0.2, 0) is 22.4 Å². The molecule has 3 rings (SSSR count). The number of carbonyl (C=O) groups excluding carboxylic acids is 2. The van der Waals surface area contributed by atoms with Gasteiger partial charge in [-0.2, -0.15) is 0 Å². The number of rotatable bonds is 4. The van der Waals surface area contributed by atoms with Crippen LogP contribution in [0.25, 0.3) is 0 Å². The molecular formula is C19H23N3O3. The van der Waals surface area contributed by atoms with Crippen LogP contribution in [-0.4, -0.2) is 17.0 Å². The third-order valence-electron chi connectivity index (χ3n) is 4.56. The molecule has 0 saturated heterocycles. The van der Waals surface area contributed by atoms with Crippen molar-refractivity contribution in [3.8, 4) is 0 Å². The number of aryl methyl sites for hydroxylation is 3. The van der Waals surface area contributed by atoms with Gasteiger partial charge in [-0.25, -0.2) is 0 Å². The first-order chi connectivity index (χ1) is 12.1. The van der Waals surface area contributed by atoms with E-state index in [9.17, 15) is 9.59 Å². The molecule has 0 bridgehead atoms. The van der Waals surface area contributed by atoms with E-state index >= 15 is 0 Å². The van der Waals surface area contributed by atoms with Crippen LogP contribution >= 0.6 is 0 Å². The van der Waals surface area contributed by atoms with Gasteiger partial charge in [-0.15, -0.1) is 0 Å². The van der Waals surface area contributed by atoms with Gasteiger partial charge in [0.1, 0.15) is 5.76 Å². The zero-order chi connectivity index (χ0) is 17.8. The van der Waals surface area contributed by atoms with E-state index in [0.29, 0.717) is 12.2 Å². The number of aromatic nitrogens is 1. The Morgan fingerprint density at radius 3 is 2.60 bits per heavy atom. The maximum Gasteiger partial charge on any atom is 0.314 e. The standard InChI is InChI=1S/C19H23N3O3/c1-3-16(15-9-8-13-6-4-5-7-14(13)11-15)20-18(23)19(24)21-17-10-12(2)25-22-17/h8-11,16H,3-7H2,1-2H3,(H,20,23)(H,21,22,24). The lowest BCUT2D eigenvalue weighted by Crippen LogP contribution is -2.37. The van der Waals surface area contributed by atoms with Gasteiger partial charge in [0.05, 0.1) is 6.04 Å². The zero-order valence-corrected chi connectivity index (χ0v) is 14.6. The molecule has 0 aliphatic heterocycles. The predicted molar refractivity (Wildman–Crippen MR) is 94.1 cm³/mol. The van der Waals surface area contributed by atoms with Crippen molar-refractivity contribution in [1.82, 2.24) is 10.5 Å². The number of nitrogens with zero attached hydrogens (tertiary/aromatic N) is 1. The number of nitrogens with one attached hydrogen (secondary N) is 2. The Kier molecular flexibility index (Phi) is 5.16. The Morgan fingerprint density at radius 1 is 1.16 bits per heavy atom. The summed E-state index contributed by atoms with van der Waals surface area (Å²) in [5.41, 5.74) is 3.80. The minimum Gasteiger partial charge on any atom is -0.360 e. The highest BCUT2D eigenvalue weighted by Crippen LogP contribution is 2.26. The summed E-state index contributed by atoms with van der Waals surface area (Å²) in [7, 11) is 0. The van der Waals surface area contributed by atoms with E-state index in [-0.39, 0.29) is 11.9 Å². The number of hydrogen-bond acceptors (Lipinski definition) is 4. The molecule has 0 spiro atoms. The molecule has 0 saturated carbocycles. The largest absolute Gasteiger partial charge is 0.360 e. The highest BCUT2D eigenvalue weighted by molar-refractivity contribution is 6.39. The quantitative estimate of drug-likeness (QED) is 0.837. The van der Waals surface area contributed by atoms with Crippen molar-refractivity contribution >= 4 is 17.6 Å². The number of fused-ring (bicyclic) bond motifs is 1. The van der Waals surface area contributed by atoms with Gasteiger partial charge in [0.2, 0.25) is 0 Å². The molecule has 0 fully saturated rings. The van der Waals surface area contributed by atoms with Crippen LogP contribution in [0.3, 0.4) is 0 Å². The molecule has 6 heteroatoms. The molecule has 2 N–H and O–H groups in total. The SMILES string of the molecule is CCC(NC(=O)C(=O)Nc1cc(C)on1)c1ccc2c(c1)CCCC2. The van der Waals surface area contributed by atoms with Crippen molar-refractivity contribution in [2.75, 3.05) is 5.32 Å². The van der Waals surface area contributed by atoms with E-state index in [0.717, 1.165) is 18.4 Å². The second-order valence-electron chi connectivity index (χ2n) is 6.45. The molecule has 1 aliphatic carbocycles. The van der Waals surface area contributed by atoms with Crippen molar-refractivity contribution in [3.05, 3.63) is 46.7 Å². The lowest BCUT2D eigenvalue weighted by Gasteiger charge is -2.21. The average molecular weight is 341 g/mol. The second-order valence-corrected chi connectivity index (χ2v) is 6.45. The molecular weight excluding hydrogens is 318 g/mol. The molecule has 2 aromatic rings. The first kappa shape index (κ1) is 17.2. The van der Waals surface area contributed by atoms with Crippen LogP contribution in [0.2, 0.25) is 0 Å². The van der Waals surface area contributed by atoms with Crippen LogP contribution < -0.4 is 10.6 Å². The maximum atomic E-state index is 12.2. The third-order valence-corrected chi connectivity index (χ3v) is 4.56. The molecule has 1 unspecified atom stereocenters. The van der Waals surface area contributed by atoms with E-state index in [4.69, 9.17) is 4.52 Å². The number of anilines is 1. The Hall–Kier alpha value is -2.63. The van der Waals surface area contributed by atoms with Crippen molar-refractivity contribution in [2.24, 2.45) is 0 Å². The fraction of sp³-hybridized carbons (Fsp3) is 0.421. The average Bonchev–Trinajstić information content (AvgIpc) is 3.03. The van der Waals surface area contributed by atoms with Crippen LogP contribution in [0, 0.1) is 6.92 Å². The molecule has 132 valence electrons. The van der Waals surface area contributed by atoms with Crippen molar-refractivity contribution in [3.63, 3.8) is 0 Å².